The quantitative estimate of drug-likeness (QED) is 0.128. The van der Waals surface area contributed by atoms with Gasteiger partial charge in [-0.3, -0.25) is 0 Å². The molecule has 0 aliphatic carbocycles. The maximum Gasteiger partial charge on any atom is 0.906 e. The molecule has 336 valence electrons. The Morgan fingerprint density at radius 1 is 0.214 bits per heavy atom. The highest BCUT2D eigenvalue weighted by Crippen LogP contribution is 2.46. The van der Waals surface area contributed by atoms with E-state index < -0.39 is 30.3 Å². The molecule has 0 saturated carbocycles. The molecule has 0 N–H and O–H groups in total. The van der Waals surface area contributed by atoms with Crippen molar-refractivity contribution in [3.63, 3.8) is 0 Å². The largest absolute Gasteiger partial charge is 0.906 e. The zero-order valence-electron chi connectivity index (χ0n) is 43.8. The molecule has 0 saturated heterocycles. The fourth-order valence-corrected chi connectivity index (χ4v) is 12.1. The lowest BCUT2D eigenvalue weighted by Crippen LogP contribution is -2.57. The average molecular weight is 829 g/mol. The molecular formula is C48H102Al2O6. The maximum absolute atomic E-state index is 6.83. The van der Waals surface area contributed by atoms with Crippen LogP contribution in [0.2, 0.25) is 0 Å². The van der Waals surface area contributed by atoms with E-state index in [1.165, 1.54) is 0 Å². The van der Waals surface area contributed by atoms with Crippen molar-refractivity contribution in [2.24, 2.45) is 32.5 Å². The fraction of sp³-hybridized carbons (Fsp3) is 1.00. The minimum Gasteiger partial charge on any atom is -0.449 e. The number of hydrogen-bond donors (Lipinski definition) is 0. The van der Waals surface area contributed by atoms with Gasteiger partial charge in [-0.15, -0.1) is 0 Å². The lowest BCUT2D eigenvalue weighted by molar-refractivity contribution is -0.149. The Morgan fingerprint density at radius 2 is 0.304 bits per heavy atom. The smallest absolute Gasteiger partial charge is 0.449 e. The van der Waals surface area contributed by atoms with Gasteiger partial charge >= 0.3 is 30.3 Å². The van der Waals surface area contributed by atoms with E-state index in [0.29, 0.717) is 0 Å². The zero-order valence-corrected chi connectivity index (χ0v) is 46.2. The van der Waals surface area contributed by atoms with Gasteiger partial charge in [0, 0.05) is 33.6 Å². The van der Waals surface area contributed by atoms with Gasteiger partial charge in [0.15, 0.2) is 0 Å². The first-order valence-electron chi connectivity index (χ1n) is 22.5. The van der Waals surface area contributed by atoms with Gasteiger partial charge in [-0.25, -0.2) is 0 Å². The molecule has 8 heteroatoms. The van der Waals surface area contributed by atoms with Crippen LogP contribution < -0.4 is 0 Å². The third-order valence-electron chi connectivity index (χ3n) is 15.7. The lowest BCUT2D eigenvalue weighted by atomic mass is 9.76. The monoisotopic (exact) mass is 829 g/mol. The maximum atomic E-state index is 6.83. The summed E-state index contributed by atoms with van der Waals surface area (Å²) in [5, 5.41) is 0. The van der Waals surface area contributed by atoms with E-state index in [1.807, 2.05) is 0 Å². The van der Waals surface area contributed by atoms with Gasteiger partial charge in [-0.05, 0) is 113 Å². The van der Waals surface area contributed by atoms with Gasteiger partial charge < -0.3 is 22.7 Å². The molecule has 0 fully saturated rings. The highest BCUT2D eigenvalue weighted by Gasteiger charge is 2.56. The molecule has 0 spiro atoms. The van der Waals surface area contributed by atoms with Gasteiger partial charge in [0.05, 0.1) is 0 Å². The number of hydrogen-bond acceptors (Lipinski definition) is 6. The van der Waals surface area contributed by atoms with Crippen LogP contribution in [0.25, 0.3) is 0 Å². The van der Waals surface area contributed by atoms with Crippen LogP contribution in [-0.4, -0.2) is 63.9 Å². The van der Waals surface area contributed by atoms with Crippen molar-refractivity contribution in [1.29, 1.82) is 0 Å². The molecule has 0 aliphatic heterocycles. The number of rotatable bonds is 18. The standard InChI is InChI=1S/6C8H17O.2Al/c6*1-6-8(5,9)7(2,3)4;;/h6*6H2,1-5H3;;/q6*-1;2*+3. The first-order valence-corrected chi connectivity index (χ1v) is 25.3. The van der Waals surface area contributed by atoms with E-state index >= 15 is 0 Å². The van der Waals surface area contributed by atoms with Crippen LogP contribution in [0, 0.1) is 32.5 Å². The van der Waals surface area contributed by atoms with Crippen LogP contribution in [0.3, 0.4) is 0 Å². The van der Waals surface area contributed by atoms with Gasteiger partial charge in [-0.2, -0.15) is 0 Å². The molecule has 0 rings (SSSR count). The second kappa shape index (κ2) is 20.3. The van der Waals surface area contributed by atoms with Crippen LogP contribution in [-0.2, 0) is 22.7 Å². The molecule has 0 aromatic carbocycles. The second-order valence-corrected chi connectivity index (χ2v) is 26.9. The third-order valence-corrected chi connectivity index (χ3v) is 20.0. The summed E-state index contributed by atoms with van der Waals surface area (Å²) < 4.78 is 41.0. The molecule has 0 heterocycles. The van der Waals surface area contributed by atoms with Crippen LogP contribution in [0.1, 0.15) is 246 Å². The molecule has 0 aromatic rings. The summed E-state index contributed by atoms with van der Waals surface area (Å²) in [4.78, 5) is 0. The van der Waals surface area contributed by atoms with Gasteiger partial charge in [0.2, 0.25) is 0 Å². The normalized spacial score (nSPS) is 20.2. The topological polar surface area (TPSA) is 55.4 Å². The fourth-order valence-electron chi connectivity index (χ4n) is 6.16. The van der Waals surface area contributed by atoms with Crippen molar-refractivity contribution in [3.05, 3.63) is 0 Å². The summed E-state index contributed by atoms with van der Waals surface area (Å²) in [5.41, 5.74) is -1.85. The highest BCUT2D eigenvalue weighted by atomic mass is 27.3. The Labute approximate surface area is 363 Å². The summed E-state index contributed by atoms with van der Waals surface area (Å²) in [5.74, 6) is 0. The lowest BCUT2D eigenvalue weighted by Gasteiger charge is -2.50. The summed E-state index contributed by atoms with van der Waals surface area (Å²) in [6.45, 7) is 66.8. The summed E-state index contributed by atoms with van der Waals surface area (Å²) in [7, 11) is 0. The Bertz CT molecular complexity index is 918. The van der Waals surface area contributed by atoms with Gasteiger partial charge in [0.1, 0.15) is 0 Å². The molecule has 0 amide bonds. The first kappa shape index (κ1) is 58.9. The van der Waals surface area contributed by atoms with Crippen LogP contribution in [0.5, 0.6) is 0 Å². The summed E-state index contributed by atoms with van der Waals surface area (Å²) in [6, 6.07) is 0. The summed E-state index contributed by atoms with van der Waals surface area (Å²) in [6.07, 6.45) is 5.52. The van der Waals surface area contributed by atoms with Crippen molar-refractivity contribution in [2.75, 3.05) is 0 Å². The van der Waals surface area contributed by atoms with Crippen LogP contribution in [0.15, 0.2) is 0 Å². The van der Waals surface area contributed by atoms with Crippen LogP contribution in [0.4, 0.5) is 0 Å². The van der Waals surface area contributed by atoms with E-state index in [9.17, 15) is 0 Å². The predicted molar refractivity (Wildman–Crippen MR) is 247 cm³/mol. The van der Waals surface area contributed by atoms with Crippen molar-refractivity contribution in [3.8, 4) is 0 Å². The zero-order chi connectivity index (χ0) is 45.6. The highest BCUT2D eigenvalue weighted by molar-refractivity contribution is 6.37. The first-order chi connectivity index (χ1) is 24.4. The third kappa shape index (κ3) is 15.0. The Morgan fingerprint density at radius 3 is 0.357 bits per heavy atom. The van der Waals surface area contributed by atoms with E-state index in [2.05, 4.69) is 208 Å². The van der Waals surface area contributed by atoms with Crippen molar-refractivity contribution in [1.82, 2.24) is 0 Å². The molecule has 0 aliphatic rings. The van der Waals surface area contributed by atoms with E-state index in [1.54, 1.807) is 0 Å². The van der Waals surface area contributed by atoms with E-state index in [4.69, 9.17) is 22.7 Å². The molecule has 0 aromatic heterocycles. The van der Waals surface area contributed by atoms with Crippen molar-refractivity contribution in [2.45, 2.75) is 280 Å². The molecular weight excluding hydrogens is 726 g/mol. The van der Waals surface area contributed by atoms with Gasteiger partial charge in [-0.1, -0.05) is 166 Å². The minimum absolute atomic E-state index is 0.00554. The SMILES string of the molecule is CCC(C)([O][Al]([O]C(C)(CC)C(C)(C)C)[O]C(C)(CC)C(C)(C)C)C(C)(C)C.CCC(C)([O][Al]([O]C(C)(CC)C(C)(C)C)[O]C(C)(CC)C(C)(C)C)C(C)(C)C. The molecule has 0 bridgehead atoms. The Balaban J connectivity index is 0. The molecule has 6 unspecified atom stereocenters. The second-order valence-electron chi connectivity index (χ2n) is 24.3. The summed E-state index contributed by atoms with van der Waals surface area (Å²) >= 11 is -4.92. The van der Waals surface area contributed by atoms with Gasteiger partial charge in [0.25, 0.3) is 0 Å². The predicted octanol–water partition coefficient (Wildman–Crippen LogP) is 15.3. The Kier molecular flexibility index (Phi) is 21.4. The molecule has 6 atom stereocenters. The van der Waals surface area contributed by atoms with Crippen molar-refractivity contribution < 1.29 is 22.7 Å². The molecule has 0 radical (unpaired) electrons. The molecule has 6 nitrogen and oxygen atoms in total. The van der Waals surface area contributed by atoms with Crippen LogP contribution >= 0.6 is 0 Å². The van der Waals surface area contributed by atoms with E-state index in [-0.39, 0.29) is 66.1 Å². The average Bonchev–Trinajstić information content (AvgIpc) is 3.01. The van der Waals surface area contributed by atoms with Crippen molar-refractivity contribution >= 4 is 30.3 Å². The Hall–Kier alpha value is 0.825. The minimum atomic E-state index is -2.46. The van der Waals surface area contributed by atoms with E-state index in [0.717, 1.165) is 38.5 Å². The molecule has 56 heavy (non-hydrogen) atoms.